The first-order valence-corrected chi connectivity index (χ1v) is 13.6. The van der Waals surface area contributed by atoms with Crippen molar-refractivity contribution in [1.82, 2.24) is 9.88 Å². The van der Waals surface area contributed by atoms with Gasteiger partial charge in [-0.3, -0.25) is 4.79 Å². The smallest absolute Gasteiger partial charge is 0.313 e. The van der Waals surface area contributed by atoms with Crippen molar-refractivity contribution in [2.24, 2.45) is 11.3 Å². The molecule has 1 aliphatic heterocycles. The van der Waals surface area contributed by atoms with Gasteiger partial charge in [0.05, 0.1) is 12.5 Å². The van der Waals surface area contributed by atoms with Gasteiger partial charge in [0.25, 0.3) is 0 Å². The van der Waals surface area contributed by atoms with Gasteiger partial charge in [0.2, 0.25) is 0 Å². The van der Waals surface area contributed by atoms with Crippen molar-refractivity contribution in [3.8, 4) is 0 Å². The number of esters is 1. The van der Waals surface area contributed by atoms with E-state index < -0.39 is 5.41 Å². The van der Waals surface area contributed by atoms with Crippen LogP contribution in [0.15, 0.2) is 11.8 Å². The third-order valence-corrected chi connectivity index (χ3v) is 9.65. The minimum absolute atomic E-state index is 0.0634. The summed E-state index contributed by atoms with van der Waals surface area (Å²) in [4.78, 5) is 19.9. The molecule has 192 valence electrons. The zero-order valence-electron chi connectivity index (χ0n) is 23.6. The van der Waals surface area contributed by atoms with Crippen LogP contribution in [-0.4, -0.2) is 36.6 Å². The van der Waals surface area contributed by atoms with E-state index in [1.165, 1.54) is 62.8 Å². The fourth-order valence-corrected chi connectivity index (χ4v) is 7.32. The van der Waals surface area contributed by atoms with Crippen molar-refractivity contribution in [1.29, 1.82) is 0 Å². The molecular formula is C31H46N2O2. The van der Waals surface area contributed by atoms with Gasteiger partial charge in [-0.1, -0.05) is 32.8 Å². The molecule has 3 atom stereocenters. The molecule has 1 aliphatic carbocycles. The second kappa shape index (κ2) is 9.33. The Morgan fingerprint density at radius 1 is 1.14 bits per heavy atom. The number of hydrogen-bond acceptors (Lipinski definition) is 3. The molecule has 35 heavy (non-hydrogen) atoms. The first-order valence-electron chi connectivity index (χ1n) is 13.6. The molecule has 2 aromatic rings. The Bertz CT molecular complexity index is 1170. The zero-order valence-corrected chi connectivity index (χ0v) is 23.6. The van der Waals surface area contributed by atoms with Gasteiger partial charge in [0.15, 0.2) is 0 Å². The Morgan fingerprint density at radius 3 is 2.46 bits per heavy atom. The number of carbonyl (C=O) groups is 1. The third-order valence-electron chi connectivity index (χ3n) is 9.65. The number of aryl methyl sites for hydroxylation is 2. The molecule has 1 aromatic heterocycles. The Hall–Kier alpha value is -2.23. The first kappa shape index (κ1) is 25.9. The van der Waals surface area contributed by atoms with Crippen LogP contribution in [0.1, 0.15) is 92.8 Å². The quantitative estimate of drug-likeness (QED) is 0.474. The van der Waals surface area contributed by atoms with Crippen LogP contribution in [0.25, 0.3) is 10.9 Å². The van der Waals surface area contributed by atoms with E-state index in [1.807, 2.05) is 0 Å². The van der Waals surface area contributed by atoms with E-state index in [9.17, 15) is 4.79 Å². The normalized spacial score (nSPS) is 27.3. The molecule has 4 rings (SSSR count). The van der Waals surface area contributed by atoms with Gasteiger partial charge in [-0.2, -0.15) is 0 Å². The van der Waals surface area contributed by atoms with Crippen LogP contribution in [-0.2, 0) is 21.4 Å². The lowest BCUT2D eigenvalue weighted by molar-refractivity contribution is -0.155. The number of rotatable bonds is 3. The van der Waals surface area contributed by atoms with Gasteiger partial charge in [-0.05, 0) is 106 Å². The van der Waals surface area contributed by atoms with E-state index >= 15 is 0 Å². The predicted molar refractivity (Wildman–Crippen MR) is 146 cm³/mol. The molecule has 2 aliphatic rings. The third kappa shape index (κ3) is 4.21. The minimum atomic E-state index is -0.569. The molecule has 0 spiro atoms. The largest absolute Gasteiger partial charge is 0.469 e. The van der Waals surface area contributed by atoms with Crippen LogP contribution in [0, 0.1) is 39.0 Å². The molecule has 0 saturated heterocycles. The second-order valence-corrected chi connectivity index (χ2v) is 12.0. The fourth-order valence-electron chi connectivity index (χ4n) is 7.32. The van der Waals surface area contributed by atoms with Crippen molar-refractivity contribution >= 4 is 16.9 Å². The number of benzene rings is 1. The molecule has 0 saturated carbocycles. The minimum Gasteiger partial charge on any atom is -0.469 e. The number of hydrogen-bond donors (Lipinski definition) is 1. The number of H-pyrrole nitrogens is 1. The summed E-state index contributed by atoms with van der Waals surface area (Å²) in [6, 6.07) is 0. The lowest BCUT2D eigenvalue weighted by atomic mass is 9.59. The molecule has 2 heterocycles. The topological polar surface area (TPSA) is 45.3 Å². The highest BCUT2D eigenvalue weighted by Crippen LogP contribution is 2.53. The van der Waals surface area contributed by atoms with Crippen LogP contribution in [0.5, 0.6) is 0 Å². The fraction of sp³-hybridized carbons (Fsp3) is 0.645. The van der Waals surface area contributed by atoms with Crippen LogP contribution in [0.2, 0.25) is 0 Å². The van der Waals surface area contributed by atoms with Gasteiger partial charge in [-0.25, -0.2) is 0 Å². The summed E-state index contributed by atoms with van der Waals surface area (Å²) < 4.78 is 5.56. The second-order valence-electron chi connectivity index (χ2n) is 12.0. The maximum absolute atomic E-state index is 13.7. The SMILES string of the molecule is CCC1=CN(C)CC2(C(=O)OC)Cc3c([nH]c4c(C)c(C)c(C)c(C)c34)C(C)(CCC(CC)C1)C2. The molecule has 1 aromatic carbocycles. The molecular weight excluding hydrogens is 432 g/mol. The summed E-state index contributed by atoms with van der Waals surface area (Å²) in [6.45, 7) is 16.7. The van der Waals surface area contributed by atoms with Crippen LogP contribution < -0.4 is 0 Å². The lowest BCUT2D eigenvalue weighted by Crippen LogP contribution is -2.50. The predicted octanol–water partition coefficient (Wildman–Crippen LogP) is 7.20. The highest BCUT2D eigenvalue weighted by molar-refractivity contribution is 5.94. The van der Waals surface area contributed by atoms with Crippen molar-refractivity contribution < 1.29 is 9.53 Å². The monoisotopic (exact) mass is 478 g/mol. The first-order chi connectivity index (χ1) is 16.5. The summed E-state index contributed by atoms with van der Waals surface area (Å²) in [7, 11) is 3.71. The summed E-state index contributed by atoms with van der Waals surface area (Å²) in [5.41, 5.74) is 10.2. The Kier molecular flexibility index (Phi) is 6.89. The van der Waals surface area contributed by atoms with Crippen LogP contribution in [0.3, 0.4) is 0 Å². The van der Waals surface area contributed by atoms with Gasteiger partial charge >= 0.3 is 5.97 Å². The number of aromatic nitrogens is 1. The standard InChI is InChI=1S/C31H46N2O2/c1-10-23-12-13-30(7)17-31(29(34)35-9,18-33(8)16-24(11-2)14-23)15-25-26-21(5)19(3)20(4)22(6)27(26)32-28(25)30/h16,23,32H,10-15,17-18H2,1-9H3. The number of nitrogens with zero attached hydrogens (tertiary/aromatic N) is 1. The Morgan fingerprint density at radius 2 is 1.83 bits per heavy atom. The summed E-state index contributed by atoms with van der Waals surface area (Å²) in [6.07, 6.45) is 9.53. The number of ether oxygens (including phenoxy) is 1. The molecule has 0 amide bonds. The Labute approximate surface area is 212 Å². The summed E-state index contributed by atoms with van der Waals surface area (Å²) in [5.74, 6) is 0.603. The highest BCUT2D eigenvalue weighted by Gasteiger charge is 2.52. The van der Waals surface area contributed by atoms with E-state index in [2.05, 4.69) is 71.6 Å². The average molecular weight is 479 g/mol. The van der Waals surface area contributed by atoms with E-state index in [-0.39, 0.29) is 11.4 Å². The maximum Gasteiger partial charge on any atom is 0.313 e. The van der Waals surface area contributed by atoms with Crippen molar-refractivity contribution in [3.63, 3.8) is 0 Å². The van der Waals surface area contributed by atoms with E-state index in [4.69, 9.17) is 4.74 Å². The lowest BCUT2D eigenvalue weighted by Gasteiger charge is -2.46. The molecule has 3 unspecified atom stereocenters. The maximum atomic E-state index is 13.7. The van der Waals surface area contributed by atoms with Gasteiger partial charge in [-0.15, -0.1) is 0 Å². The molecule has 0 fully saturated rings. The number of aromatic amines is 1. The van der Waals surface area contributed by atoms with Gasteiger partial charge in [0, 0.05) is 35.6 Å². The Balaban J connectivity index is 2.00. The highest BCUT2D eigenvalue weighted by atomic mass is 16.5. The van der Waals surface area contributed by atoms with Crippen molar-refractivity contribution in [2.75, 3.05) is 20.7 Å². The average Bonchev–Trinajstić information content (AvgIpc) is 3.21. The van der Waals surface area contributed by atoms with Gasteiger partial charge < -0.3 is 14.6 Å². The van der Waals surface area contributed by atoms with E-state index in [1.54, 1.807) is 7.11 Å². The van der Waals surface area contributed by atoms with Crippen LogP contribution in [0.4, 0.5) is 0 Å². The van der Waals surface area contributed by atoms with E-state index in [0.717, 1.165) is 32.1 Å². The van der Waals surface area contributed by atoms with Crippen molar-refractivity contribution in [2.45, 2.75) is 98.8 Å². The summed E-state index contributed by atoms with van der Waals surface area (Å²) in [5, 5.41) is 1.34. The molecule has 1 N–H and O–H groups in total. The van der Waals surface area contributed by atoms with Crippen molar-refractivity contribution in [3.05, 3.63) is 45.3 Å². The molecule has 2 bridgehead atoms. The number of fused-ring (bicyclic) bond motifs is 6. The molecule has 4 heteroatoms. The van der Waals surface area contributed by atoms with Gasteiger partial charge in [0.1, 0.15) is 0 Å². The molecule has 4 nitrogen and oxygen atoms in total. The van der Waals surface area contributed by atoms with Crippen LogP contribution >= 0.6 is 0 Å². The molecule has 0 radical (unpaired) electrons. The van der Waals surface area contributed by atoms with E-state index in [0.29, 0.717) is 12.5 Å². The summed E-state index contributed by atoms with van der Waals surface area (Å²) >= 11 is 0. The zero-order chi connectivity index (χ0) is 25.7. The number of carbonyl (C=O) groups excluding carboxylic acids is 1. The number of allylic oxidation sites excluding steroid dienone is 1. The number of methoxy groups -OCH3 is 1. The number of nitrogens with one attached hydrogen (secondary N) is 1.